The summed E-state index contributed by atoms with van der Waals surface area (Å²) < 4.78 is 5.87. The van der Waals surface area contributed by atoms with Gasteiger partial charge in [-0.1, -0.05) is 43.0 Å². The van der Waals surface area contributed by atoms with E-state index in [-0.39, 0.29) is 11.8 Å². The first-order chi connectivity index (χ1) is 12.8. The van der Waals surface area contributed by atoms with E-state index in [1.807, 2.05) is 38.1 Å². The fourth-order valence-electron chi connectivity index (χ4n) is 2.00. The molecule has 0 saturated carbocycles. The fourth-order valence-corrected chi connectivity index (χ4v) is 3.91. The Hall–Kier alpha value is -2.31. The Kier molecular flexibility index (Phi) is 7.05. The van der Waals surface area contributed by atoms with Crippen molar-refractivity contribution in [3.05, 3.63) is 24.3 Å². The molecule has 2 atom stereocenters. The van der Waals surface area contributed by atoms with Crippen LogP contribution in [0.5, 0.6) is 5.75 Å². The van der Waals surface area contributed by atoms with Gasteiger partial charge in [-0.25, -0.2) is 0 Å². The van der Waals surface area contributed by atoms with E-state index < -0.39 is 10.8 Å². The molecule has 0 fully saturated rings. The zero-order valence-electron chi connectivity index (χ0n) is 15.9. The predicted molar refractivity (Wildman–Crippen MR) is 109 cm³/mol. The van der Waals surface area contributed by atoms with Crippen LogP contribution in [0.4, 0.5) is 10.8 Å². The monoisotopic (exact) mass is 405 g/mol. The molecule has 0 aliphatic rings. The number of anilines is 2. The highest BCUT2D eigenvalue weighted by atomic mass is 32.2. The van der Waals surface area contributed by atoms with Crippen LogP contribution in [0.2, 0.25) is 0 Å². The average molecular weight is 406 g/mol. The second-order valence-electron chi connectivity index (χ2n) is 6.45. The van der Waals surface area contributed by atoms with Gasteiger partial charge in [-0.05, 0) is 31.9 Å². The van der Waals surface area contributed by atoms with Crippen molar-refractivity contribution in [1.29, 1.82) is 5.26 Å². The largest absolute Gasteiger partial charge is 0.497 e. The summed E-state index contributed by atoms with van der Waals surface area (Å²) in [4.78, 5) is 12.4. The second kappa shape index (κ2) is 9.06. The fraction of sp³-hybridized carbons (Fsp3) is 0.444. The Labute approximate surface area is 167 Å². The van der Waals surface area contributed by atoms with Crippen LogP contribution in [-0.2, 0) is 4.79 Å². The second-order valence-corrected chi connectivity index (χ2v) is 9.01. The van der Waals surface area contributed by atoms with Crippen molar-refractivity contribution in [1.82, 2.24) is 15.5 Å². The highest BCUT2D eigenvalue weighted by molar-refractivity contribution is 8.02. The summed E-state index contributed by atoms with van der Waals surface area (Å²) in [6.07, 6.45) is 0. The summed E-state index contributed by atoms with van der Waals surface area (Å²) in [5.41, 5.74) is -0.0545. The molecule has 2 rings (SSSR count). The van der Waals surface area contributed by atoms with E-state index >= 15 is 0 Å². The molecular weight excluding hydrogens is 382 g/mol. The molecule has 0 aliphatic carbocycles. The summed E-state index contributed by atoms with van der Waals surface area (Å²) >= 11 is 2.67. The molecule has 1 aromatic carbocycles. The van der Waals surface area contributed by atoms with Crippen LogP contribution in [0.1, 0.15) is 27.7 Å². The summed E-state index contributed by atoms with van der Waals surface area (Å²) in [5, 5.41) is 23.8. The van der Waals surface area contributed by atoms with Gasteiger partial charge in [-0.15, -0.1) is 10.2 Å². The van der Waals surface area contributed by atoms with Crippen LogP contribution < -0.4 is 15.4 Å². The molecule has 2 aromatic rings. The molecule has 1 heterocycles. The van der Waals surface area contributed by atoms with Crippen LogP contribution in [-0.4, -0.2) is 34.0 Å². The van der Waals surface area contributed by atoms with Crippen LogP contribution in [0, 0.1) is 17.2 Å². The summed E-state index contributed by atoms with van der Waals surface area (Å²) in [6.45, 7) is 7.33. The van der Waals surface area contributed by atoms with Gasteiger partial charge in [0.2, 0.25) is 11.0 Å². The van der Waals surface area contributed by atoms with E-state index in [9.17, 15) is 10.1 Å². The number of thioether (sulfide) groups is 1. The number of aromatic nitrogens is 2. The molecule has 7 nitrogen and oxygen atoms in total. The minimum atomic E-state index is -0.897. The van der Waals surface area contributed by atoms with Gasteiger partial charge in [0.15, 0.2) is 4.34 Å². The molecule has 0 saturated heterocycles. The van der Waals surface area contributed by atoms with Crippen molar-refractivity contribution in [2.75, 3.05) is 12.4 Å². The first-order valence-electron chi connectivity index (χ1n) is 8.42. The lowest BCUT2D eigenvalue weighted by atomic mass is 9.90. The van der Waals surface area contributed by atoms with Crippen molar-refractivity contribution in [3.8, 4) is 11.8 Å². The predicted octanol–water partition coefficient (Wildman–Crippen LogP) is 3.83. The number of nitrogens with one attached hydrogen (secondary N) is 2. The van der Waals surface area contributed by atoms with E-state index in [1.54, 1.807) is 21.0 Å². The number of rotatable bonds is 8. The van der Waals surface area contributed by atoms with Crippen LogP contribution in [0.3, 0.4) is 0 Å². The Bertz CT molecular complexity index is 833. The highest BCUT2D eigenvalue weighted by Gasteiger charge is 2.32. The van der Waals surface area contributed by atoms with Crippen molar-refractivity contribution in [2.24, 2.45) is 5.92 Å². The molecule has 144 valence electrons. The first kappa shape index (κ1) is 21.0. The smallest absolute Gasteiger partial charge is 0.234 e. The third kappa shape index (κ3) is 5.58. The maximum absolute atomic E-state index is 12.4. The maximum atomic E-state index is 12.4. The Morgan fingerprint density at radius 3 is 2.74 bits per heavy atom. The van der Waals surface area contributed by atoms with Gasteiger partial charge in [0.25, 0.3) is 0 Å². The van der Waals surface area contributed by atoms with Crippen molar-refractivity contribution in [3.63, 3.8) is 0 Å². The zero-order chi connectivity index (χ0) is 20.0. The molecule has 1 amide bonds. The topological polar surface area (TPSA) is 99.9 Å². The van der Waals surface area contributed by atoms with Crippen molar-refractivity contribution >= 4 is 39.8 Å². The molecule has 0 bridgehead atoms. The third-order valence-electron chi connectivity index (χ3n) is 4.14. The van der Waals surface area contributed by atoms with Gasteiger partial charge in [0.05, 0.1) is 18.4 Å². The van der Waals surface area contributed by atoms with Crippen molar-refractivity contribution < 1.29 is 9.53 Å². The number of methoxy groups -OCH3 is 1. The van der Waals surface area contributed by atoms with Gasteiger partial charge >= 0.3 is 0 Å². The number of nitriles is 1. The number of amides is 1. The molecule has 0 radical (unpaired) electrons. The molecule has 27 heavy (non-hydrogen) atoms. The average Bonchev–Trinajstić information content (AvgIpc) is 3.08. The zero-order valence-corrected chi connectivity index (χ0v) is 17.6. The minimum absolute atomic E-state index is 0.00356. The standard InChI is InChI=1S/C18H23N5O2S2/c1-11(2)18(4,10-19)21-15(24)12(3)26-17-23-22-16(27-17)20-13-7-6-8-14(9-13)25-5/h6-9,11-12H,1-5H3,(H,20,22)(H,21,24)/t12-,18-/m1/s1. The first-order valence-corrected chi connectivity index (χ1v) is 10.1. The van der Waals surface area contributed by atoms with E-state index in [4.69, 9.17) is 4.74 Å². The van der Waals surface area contributed by atoms with Gasteiger partial charge in [-0.3, -0.25) is 4.79 Å². The highest BCUT2D eigenvalue weighted by Crippen LogP contribution is 2.31. The Morgan fingerprint density at radius 2 is 2.11 bits per heavy atom. The maximum Gasteiger partial charge on any atom is 0.234 e. The normalized spacial score (nSPS) is 14.1. The lowest BCUT2D eigenvalue weighted by molar-refractivity contribution is -0.121. The molecule has 9 heteroatoms. The number of nitrogens with zero attached hydrogens (tertiary/aromatic N) is 3. The van der Waals surface area contributed by atoms with Gasteiger partial charge in [-0.2, -0.15) is 5.26 Å². The van der Waals surface area contributed by atoms with Crippen LogP contribution in [0.25, 0.3) is 0 Å². The Balaban J connectivity index is 1.98. The van der Waals surface area contributed by atoms with E-state index in [2.05, 4.69) is 26.9 Å². The SMILES string of the molecule is COc1cccc(Nc2nnc(S[C@H](C)C(=O)N[C@](C)(C#N)C(C)C)s2)c1. The van der Waals surface area contributed by atoms with E-state index in [0.717, 1.165) is 11.4 Å². The van der Waals surface area contributed by atoms with E-state index in [0.29, 0.717) is 9.47 Å². The third-order valence-corrected chi connectivity index (χ3v) is 6.17. The van der Waals surface area contributed by atoms with E-state index in [1.165, 1.54) is 23.1 Å². The molecule has 0 unspecified atom stereocenters. The molecule has 1 aromatic heterocycles. The number of hydrogen-bond acceptors (Lipinski definition) is 8. The minimum Gasteiger partial charge on any atom is -0.497 e. The number of hydrogen-bond donors (Lipinski definition) is 2. The lowest BCUT2D eigenvalue weighted by Gasteiger charge is -2.28. The number of carbonyl (C=O) groups excluding carboxylic acids is 1. The lowest BCUT2D eigenvalue weighted by Crippen LogP contribution is -2.51. The Morgan fingerprint density at radius 1 is 1.37 bits per heavy atom. The molecule has 0 spiro atoms. The molecular formula is C18H23N5O2S2. The summed E-state index contributed by atoms with van der Waals surface area (Å²) in [7, 11) is 1.61. The molecule has 2 N–H and O–H groups in total. The van der Waals surface area contributed by atoms with Crippen LogP contribution >= 0.6 is 23.1 Å². The molecule has 0 aliphatic heterocycles. The number of ether oxygens (including phenoxy) is 1. The van der Waals surface area contributed by atoms with Crippen LogP contribution in [0.15, 0.2) is 28.6 Å². The van der Waals surface area contributed by atoms with Gasteiger partial charge < -0.3 is 15.4 Å². The summed E-state index contributed by atoms with van der Waals surface area (Å²) in [5.74, 6) is 0.550. The number of carbonyl (C=O) groups is 1. The van der Waals surface area contributed by atoms with Gasteiger partial charge in [0.1, 0.15) is 11.3 Å². The number of benzene rings is 1. The van der Waals surface area contributed by atoms with Crippen molar-refractivity contribution in [2.45, 2.75) is 42.8 Å². The quantitative estimate of drug-likeness (QED) is 0.644. The van der Waals surface area contributed by atoms with Gasteiger partial charge in [0, 0.05) is 11.8 Å². The summed E-state index contributed by atoms with van der Waals surface area (Å²) in [6, 6.07) is 9.69.